The lowest BCUT2D eigenvalue weighted by molar-refractivity contribution is 0.304. The molecule has 2 aromatic heterocycles. The van der Waals surface area contributed by atoms with Crippen LogP contribution in [-0.4, -0.2) is 21.7 Å². The highest BCUT2D eigenvalue weighted by Gasteiger charge is 1.97. The Hall–Kier alpha value is -2.38. The van der Waals surface area contributed by atoms with Gasteiger partial charge in [-0.2, -0.15) is 0 Å². The molecule has 0 saturated heterocycles. The monoisotopic (exact) mass is 254 g/mol. The summed E-state index contributed by atoms with van der Waals surface area (Å²) < 4.78 is 5.62. The van der Waals surface area contributed by atoms with Crippen molar-refractivity contribution in [2.75, 3.05) is 6.61 Å². The molecule has 4 nitrogen and oxygen atoms in total. The zero-order chi connectivity index (χ0) is 13.3. The van der Waals surface area contributed by atoms with Gasteiger partial charge in [0.2, 0.25) is 0 Å². The summed E-state index contributed by atoms with van der Waals surface area (Å²) >= 11 is 0. The standard InChI is InChI=1S/C15H14N2O2/c18-7-2-1-4-13-8-15(11-17-9-13)19-12-14-5-3-6-16-10-14/h3,5-6,8-11,18H,2,7,12H2. The minimum absolute atomic E-state index is 0.0671. The van der Waals surface area contributed by atoms with Gasteiger partial charge in [-0.05, 0) is 12.1 Å². The van der Waals surface area contributed by atoms with Gasteiger partial charge in [-0.1, -0.05) is 17.9 Å². The molecule has 4 heteroatoms. The summed E-state index contributed by atoms with van der Waals surface area (Å²) in [6.45, 7) is 0.515. The predicted molar refractivity (Wildman–Crippen MR) is 71.4 cm³/mol. The first-order valence-electron chi connectivity index (χ1n) is 5.95. The number of rotatable bonds is 4. The molecule has 0 atom stereocenters. The fraction of sp³-hybridized carbons (Fsp3) is 0.200. The van der Waals surface area contributed by atoms with Crippen LogP contribution in [0.15, 0.2) is 43.0 Å². The van der Waals surface area contributed by atoms with E-state index >= 15 is 0 Å². The Labute approximate surface area is 112 Å². The first kappa shape index (κ1) is 13.1. The lowest BCUT2D eigenvalue weighted by Crippen LogP contribution is -1.96. The molecule has 2 aromatic rings. The van der Waals surface area contributed by atoms with Crippen molar-refractivity contribution >= 4 is 0 Å². The molecular formula is C15H14N2O2. The summed E-state index contributed by atoms with van der Waals surface area (Å²) in [5.41, 5.74) is 1.77. The Bertz CT molecular complexity index is 573. The molecule has 1 N–H and O–H groups in total. The number of nitrogens with zero attached hydrogens (tertiary/aromatic N) is 2. The normalized spacial score (nSPS) is 9.53. The van der Waals surface area contributed by atoms with Crippen molar-refractivity contribution in [3.05, 3.63) is 54.1 Å². The predicted octanol–water partition coefficient (Wildman–Crippen LogP) is 1.79. The molecule has 0 aliphatic carbocycles. The number of pyridine rings is 2. The molecule has 0 aliphatic rings. The molecule has 0 radical (unpaired) electrons. The second-order valence-electron chi connectivity index (χ2n) is 3.83. The Kier molecular flexibility index (Phi) is 4.91. The maximum Gasteiger partial charge on any atom is 0.139 e. The Morgan fingerprint density at radius 3 is 2.95 bits per heavy atom. The molecule has 0 spiro atoms. The van der Waals surface area contributed by atoms with Gasteiger partial charge in [-0.25, -0.2) is 0 Å². The van der Waals surface area contributed by atoms with Crippen LogP contribution in [0.25, 0.3) is 0 Å². The van der Waals surface area contributed by atoms with Crippen LogP contribution in [0.1, 0.15) is 17.5 Å². The van der Waals surface area contributed by atoms with Crippen LogP contribution in [0.3, 0.4) is 0 Å². The van der Waals surface area contributed by atoms with E-state index in [1.165, 1.54) is 0 Å². The minimum Gasteiger partial charge on any atom is -0.487 e. The highest BCUT2D eigenvalue weighted by molar-refractivity contribution is 5.36. The molecule has 0 unspecified atom stereocenters. The van der Waals surface area contributed by atoms with Crippen LogP contribution in [0.2, 0.25) is 0 Å². The van der Waals surface area contributed by atoms with Crippen LogP contribution in [0.5, 0.6) is 5.75 Å². The van der Waals surface area contributed by atoms with Crippen LogP contribution in [0, 0.1) is 11.8 Å². The first-order valence-corrected chi connectivity index (χ1v) is 5.95. The van der Waals surface area contributed by atoms with Gasteiger partial charge in [0.1, 0.15) is 12.4 Å². The van der Waals surface area contributed by atoms with E-state index in [1.54, 1.807) is 24.8 Å². The van der Waals surface area contributed by atoms with Crippen molar-refractivity contribution < 1.29 is 9.84 Å². The quantitative estimate of drug-likeness (QED) is 0.845. The van der Waals surface area contributed by atoms with Crippen LogP contribution in [0.4, 0.5) is 0 Å². The van der Waals surface area contributed by atoms with Crippen LogP contribution >= 0.6 is 0 Å². The van der Waals surface area contributed by atoms with Gasteiger partial charge in [0, 0.05) is 36.1 Å². The third-order valence-electron chi connectivity index (χ3n) is 2.31. The second-order valence-corrected chi connectivity index (χ2v) is 3.83. The van der Waals surface area contributed by atoms with Crippen molar-refractivity contribution in [3.8, 4) is 17.6 Å². The van der Waals surface area contributed by atoms with Gasteiger partial charge in [-0.15, -0.1) is 0 Å². The SMILES string of the molecule is OCCC#Cc1cncc(OCc2cccnc2)c1. The number of ether oxygens (including phenoxy) is 1. The Morgan fingerprint density at radius 2 is 2.16 bits per heavy atom. The van der Waals surface area contributed by atoms with E-state index < -0.39 is 0 Å². The molecule has 0 bridgehead atoms. The zero-order valence-electron chi connectivity index (χ0n) is 10.4. The summed E-state index contributed by atoms with van der Waals surface area (Å²) in [7, 11) is 0. The molecule has 0 aliphatic heterocycles. The Balaban J connectivity index is 1.98. The molecule has 0 amide bonds. The van der Waals surface area contributed by atoms with Crippen molar-refractivity contribution in [2.45, 2.75) is 13.0 Å². The Morgan fingerprint density at radius 1 is 1.21 bits per heavy atom. The third-order valence-corrected chi connectivity index (χ3v) is 2.31. The highest BCUT2D eigenvalue weighted by atomic mass is 16.5. The molecular weight excluding hydrogens is 240 g/mol. The third kappa shape index (κ3) is 4.41. The second kappa shape index (κ2) is 7.14. The van der Waals surface area contributed by atoms with Gasteiger partial charge in [-0.3, -0.25) is 9.97 Å². The first-order chi connectivity index (χ1) is 9.38. The maximum absolute atomic E-state index is 8.66. The average Bonchev–Trinajstić information content (AvgIpc) is 2.47. The summed E-state index contributed by atoms with van der Waals surface area (Å²) in [5.74, 6) is 6.43. The number of hydrogen-bond donors (Lipinski definition) is 1. The van der Waals surface area contributed by atoms with Crippen molar-refractivity contribution in [1.82, 2.24) is 9.97 Å². The van der Waals surface area contributed by atoms with Crippen molar-refractivity contribution in [2.24, 2.45) is 0 Å². The molecule has 0 saturated carbocycles. The summed E-state index contributed by atoms with van der Waals surface area (Å²) in [5, 5.41) is 8.66. The molecule has 0 fully saturated rings. The van der Waals surface area contributed by atoms with E-state index in [2.05, 4.69) is 21.8 Å². The van der Waals surface area contributed by atoms with Crippen LogP contribution in [-0.2, 0) is 6.61 Å². The summed E-state index contributed by atoms with van der Waals surface area (Å²) in [6, 6.07) is 5.65. The van der Waals surface area contributed by atoms with Crippen molar-refractivity contribution in [1.29, 1.82) is 0 Å². The number of aromatic nitrogens is 2. The number of hydrogen-bond acceptors (Lipinski definition) is 4. The number of aliphatic hydroxyl groups excluding tert-OH is 1. The molecule has 2 rings (SSSR count). The number of aliphatic hydroxyl groups is 1. The van der Waals surface area contributed by atoms with Crippen molar-refractivity contribution in [3.63, 3.8) is 0 Å². The topological polar surface area (TPSA) is 55.2 Å². The fourth-order valence-corrected chi connectivity index (χ4v) is 1.44. The largest absolute Gasteiger partial charge is 0.487 e. The maximum atomic E-state index is 8.66. The lowest BCUT2D eigenvalue weighted by atomic mass is 10.2. The van der Waals surface area contributed by atoms with Gasteiger partial charge in [0.15, 0.2) is 0 Å². The fourth-order valence-electron chi connectivity index (χ4n) is 1.44. The van der Waals surface area contributed by atoms with E-state index in [9.17, 15) is 0 Å². The van der Waals surface area contributed by atoms with Gasteiger partial charge < -0.3 is 9.84 Å². The smallest absolute Gasteiger partial charge is 0.139 e. The van der Waals surface area contributed by atoms with Gasteiger partial charge >= 0.3 is 0 Å². The summed E-state index contributed by atoms with van der Waals surface area (Å²) in [6.07, 6.45) is 7.26. The summed E-state index contributed by atoms with van der Waals surface area (Å²) in [4.78, 5) is 8.09. The molecule has 0 aromatic carbocycles. The molecule has 2 heterocycles. The van der Waals surface area contributed by atoms with Gasteiger partial charge in [0.05, 0.1) is 12.8 Å². The van der Waals surface area contributed by atoms with E-state index in [0.717, 1.165) is 11.1 Å². The average molecular weight is 254 g/mol. The lowest BCUT2D eigenvalue weighted by Gasteiger charge is -2.05. The molecule has 19 heavy (non-hydrogen) atoms. The van der Waals surface area contributed by atoms with E-state index in [4.69, 9.17) is 9.84 Å². The van der Waals surface area contributed by atoms with E-state index in [-0.39, 0.29) is 6.61 Å². The minimum atomic E-state index is 0.0671. The van der Waals surface area contributed by atoms with Gasteiger partial charge in [0.25, 0.3) is 0 Å². The van der Waals surface area contributed by atoms with Crippen LogP contribution < -0.4 is 4.74 Å². The van der Waals surface area contributed by atoms with E-state index in [0.29, 0.717) is 18.8 Å². The van der Waals surface area contributed by atoms with E-state index in [1.807, 2.05) is 18.2 Å². The highest BCUT2D eigenvalue weighted by Crippen LogP contribution is 2.12. The molecule has 96 valence electrons. The zero-order valence-corrected chi connectivity index (χ0v) is 10.4.